The van der Waals surface area contributed by atoms with E-state index < -0.39 is 11.2 Å². The third kappa shape index (κ3) is 3.65. The van der Waals surface area contributed by atoms with Gasteiger partial charge in [-0.25, -0.2) is 4.39 Å². The number of carbonyl (C=O) groups excluding carboxylic acids is 1. The van der Waals surface area contributed by atoms with Crippen molar-refractivity contribution in [2.75, 3.05) is 26.8 Å². The van der Waals surface area contributed by atoms with Crippen molar-refractivity contribution in [2.45, 2.75) is 25.7 Å². The lowest BCUT2D eigenvalue weighted by Gasteiger charge is -2.30. The molecular formula is C19H23FN2O3. The van der Waals surface area contributed by atoms with Crippen LogP contribution in [-0.4, -0.2) is 52.8 Å². The standard InChI is InChI=1S/C19H23FN2O3/c1-19(10-23,11-24)9-22(2)18(25)15-8-17(12-3-4-12)21-16-6-5-13(20)7-14(15)16/h5-8,12,23-24H,3-4,9-11H2,1-2H3. The molecule has 0 spiro atoms. The van der Waals surface area contributed by atoms with Crippen LogP contribution >= 0.6 is 0 Å². The summed E-state index contributed by atoms with van der Waals surface area (Å²) in [5, 5.41) is 19.4. The summed E-state index contributed by atoms with van der Waals surface area (Å²) in [5.41, 5.74) is 1.09. The van der Waals surface area contributed by atoms with E-state index in [1.54, 1.807) is 26.1 Å². The number of aliphatic hydroxyl groups is 2. The van der Waals surface area contributed by atoms with Gasteiger partial charge in [0.05, 0.1) is 24.3 Å². The smallest absolute Gasteiger partial charge is 0.254 e. The summed E-state index contributed by atoms with van der Waals surface area (Å²) in [4.78, 5) is 19.0. The molecule has 1 aliphatic rings. The number of hydrogen-bond acceptors (Lipinski definition) is 4. The predicted molar refractivity (Wildman–Crippen MR) is 92.9 cm³/mol. The van der Waals surface area contributed by atoms with Gasteiger partial charge in [0.25, 0.3) is 5.91 Å². The van der Waals surface area contributed by atoms with Gasteiger partial charge in [0, 0.05) is 36.0 Å². The van der Waals surface area contributed by atoms with Crippen molar-refractivity contribution in [1.82, 2.24) is 9.88 Å². The minimum Gasteiger partial charge on any atom is -0.396 e. The van der Waals surface area contributed by atoms with Crippen LogP contribution in [-0.2, 0) is 0 Å². The molecule has 0 saturated heterocycles. The Morgan fingerprint density at radius 2 is 2.00 bits per heavy atom. The second-order valence-electron chi connectivity index (χ2n) is 7.32. The van der Waals surface area contributed by atoms with Gasteiger partial charge in [-0.05, 0) is 37.1 Å². The minimum atomic E-state index is -0.794. The fraction of sp³-hybridized carbons (Fsp3) is 0.474. The summed E-state index contributed by atoms with van der Waals surface area (Å²) in [6.45, 7) is 1.42. The molecule has 1 heterocycles. The number of pyridine rings is 1. The van der Waals surface area contributed by atoms with Crippen molar-refractivity contribution in [3.8, 4) is 0 Å². The molecule has 0 bridgehead atoms. The lowest BCUT2D eigenvalue weighted by atomic mass is 9.92. The van der Waals surface area contributed by atoms with Crippen LogP contribution in [0.1, 0.15) is 41.7 Å². The molecule has 0 atom stereocenters. The molecule has 1 aliphatic carbocycles. The van der Waals surface area contributed by atoms with Gasteiger partial charge in [0.15, 0.2) is 0 Å². The highest BCUT2D eigenvalue weighted by molar-refractivity contribution is 6.06. The third-order valence-corrected chi connectivity index (χ3v) is 4.75. The van der Waals surface area contributed by atoms with Crippen LogP contribution in [0.3, 0.4) is 0 Å². The second kappa shape index (κ2) is 6.69. The van der Waals surface area contributed by atoms with Crippen molar-refractivity contribution in [3.05, 3.63) is 41.3 Å². The maximum Gasteiger partial charge on any atom is 0.254 e. The SMILES string of the molecule is CN(CC(C)(CO)CO)C(=O)c1cc(C2CC2)nc2ccc(F)cc12. The number of nitrogens with zero attached hydrogens (tertiary/aromatic N) is 2. The number of aliphatic hydroxyl groups excluding tert-OH is 2. The first-order valence-electron chi connectivity index (χ1n) is 8.44. The van der Waals surface area contributed by atoms with Gasteiger partial charge in [-0.3, -0.25) is 9.78 Å². The van der Waals surface area contributed by atoms with Gasteiger partial charge in [-0.15, -0.1) is 0 Å². The number of hydrogen-bond donors (Lipinski definition) is 2. The molecule has 1 saturated carbocycles. The molecule has 25 heavy (non-hydrogen) atoms. The molecule has 2 N–H and O–H groups in total. The molecule has 1 aromatic heterocycles. The molecule has 5 nitrogen and oxygen atoms in total. The highest BCUT2D eigenvalue weighted by Gasteiger charge is 2.30. The monoisotopic (exact) mass is 346 g/mol. The molecule has 0 radical (unpaired) electrons. The lowest BCUT2D eigenvalue weighted by Crippen LogP contribution is -2.41. The topological polar surface area (TPSA) is 73.7 Å². The van der Waals surface area contributed by atoms with Crippen LogP contribution in [0.15, 0.2) is 24.3 Å². The Morgan fingerprint density at radius 3 is 2.60 bits per heavy atom. The Kier molecular flexibility index (Phi) is 4.75. The highest BCUT2D eigenvalue weighted by Crippen LogP contribution is 2.40. The summed E-state index contributed by atoms with van der Waals surface area (Å²) >= 11 is 0. The van der Waals surface area contributed by atoms with Crippen molar-refractivity contribution in [2.24, 2.45) is 5.41 Å². The molecule has 2 aromatic rings. The summed E-state index contributed by atoms with van der Waals surface area (Å²) in [5.74, 6) is -0.319. The molecule has 1 aromatic carbocycles. The number of benzene rings is 1. The van der Waals surface area contributed by atoms with E-state index in [0.717, 1.165) is 18.5 Å². The van der Waals surface area contributed by atoms with Crippen LogP contribution in [0.5, 0.6) is 0 Å². The normalized spacial score (nSPS) is 14.8. The van der Waals surface area contributed by atoms with Crippen molar-refractivity contribution < 1.29 is 19.4 Å². The summed E-state index contributed by atoms with van der Waals surface area (Å²) in [6, 6.07) is 6.03. The van der Waals surface area contributed by atoms with Gasteiger partial charge < -0.3 is 15.1 Å². The van der Waals surface area contributed by atoms with Crippen LogP contribution < -0.4 is 0 Å². The zero-order valence-corrected chi connectivity index (χ0v) is 14.5. The maximum atomic E-state index is 13.7. The third-order valence-electron chi connectivity index (χ3n) is 4.75. The van der Waals surface area contributed by atoms with Gasteiger partial charge in [-0.1, -0.05) is 6.92 Å². The van der Waals surface area contributed by atoms with Crippen molar-refractivity contribution in [3.63, 3.8) is 0 Å². The van der Waals surface area contributed by atoms with E-state index in [4.69, 9.17) is 0 Å². The Morgan fingerprint density at radius 1 is 1.32 bits per heavy atom. The van der Waals surface area contributed by atoms with Gasteiger partial charge in [0.1, 0.15) is 5.82 Å². The number of aromatic nitrogens is 1. The molecule has 1 amide bonds. The van der Waals surface area contributed by atoms with Crippen molar-refractivity contribution >= 4 is 16.8 Å². The Hall–Kier alpha value is -2.05. The first-order chi connectivity index (χ1) is 11.9. The molecule has 0 unspecified atom stereocenters. The minimum absolute atomic E-state index is 0.191. The maximum absolute atomic E-state index is 13.7. The summed E-state index contributed by atoms with van der Waals surface area (Å²) in [7, 11) is 1.62. The van der Waals surface area contributed by atoms with Gasteiger partial charge >= 0.3 is 0 Å². The number of carbonyl (C=O) groups is 1. The van der Waals surface area contributed by atoms with Crippen molar-refractivity contribution in [1.29, 1.82) is 0 Å². The Labute approximate surface area is 146 Å². The fourth-order valence-corrected chi connectivity index (χ4v) is 2.98. The van der Waals surface area contributed by atoms with E-state index in [1.165, 1.54) is 17.0 Å². The zero-order chi connectivity index (χ0) is 18.2. The number of fused-ring (bicyclic) bond motifs is 1. The highest BCUT2D eigenvalue weighted by atomic mass is 19.1. The first-order valence-corrected chi connectivity index (χ1v) is 8.44. The van der Waals surface area contributed by atoms with Gasteiger partial charge in [-0.2, -0.15) is 0 Å². The average molecular weight is 346 g/mol. The fourth-order valence-electron chi connectivity index (χ4n) is 2.98. The van der Waals surface area contributed by atoms with E-state index >= 15 is 0 Å². The van der Waals surface area contributed by atoms with E-state index in [2.05, 4.69) is 4.98 Å². The van der Waals surface area contributed by atoms with E-state index in [1.807, 2.05) is 0 Å². The zero-order valence-electron chi connectivity index (χ0n) is 14.5. The quantitative estimate of drug-likeness (QED) is 0.842. The average Bonchev–Trinajstić information content (AvgIpc) is 3.45. The number of halogens is 1. The molecule has 6 heteroatoms. The Balaban J connectivity index is 2.00. The lowest BCUT2D eigenvalue weighted by molar-refractivity contribution is 0.0367. The molecule has 1 fully saturated rings. The summed E-state index contributed by atoms with van der Waals surface area (Å²) < 4.78 is 13.7. The van der Waals surface area contributed by atoms with Crippen LogP contribution in [0.2, 0.25) is 0 Å². The van der Waals surface area contributed by atoms with E-state index in [-0.39, 0.29) is 25.7 Å². The largest absolute Gasteiger partial charge is 0.396 e. The first kappa shape index (κ1) is 17.8. The van der Waals surface area contributed by atoms with E-state index in [0.29, 0.717) is 22.4 Å². The van der Waals surface area contributed by atoms with Crippen LogP contribution in [0, 0.1) is 11.2 Å². The molecule has 0 aliphatic heterocycles. The summed E-state index contributed by atoms with van der Waals surface area (Å²) in [6.07, 6.45) is 2.10. The van der Waals surface area contributed by atoms with Gasteiger partial charge in [0.2, 0.25) is 0 Å². The number of amides is 1. The molecule has 3 rings (SSSR count). The van der Waals surface area contributed by atoms with Crippen LogP contribution in [0.25, 0.3) is 10.9 Å². The predicted octanol–water partition coefficient (Wildman–Crippen LogP) is 2.31. The molecule has 134 valence electrons. The Bertz CT molecular complexity index is 801. The second-order valence-corrected chi connectivity index (χ2v) is 7.32. The van der Waals surface area contributed by atoms with Crippen LogP contribution in [0.4, 0.5) is 4.39 Å². The number of rotatable bonds is 6. The molecular weight excluding hydrogens is 323 g/mol. The van der Waals surface area contributed by atoms with E-state index in [9.17, 15) is 19.4 Å².